The highest BCUT2D eigenvalue weighted by Gasteiger charge is 2.31. The molecule has 2 nitrogen and oxygen atoms in total. The van der Waals surface area contributed by atoms with Crippen molar-refractivity contribution in [2.24, 2.45) is 5.73 Å². The van der Waals surface area contributed by atoms with E-state index < -0.39 is 11.7 Å². The lowest BCUT2D eigenvalue weighted by Crippen LogP contribution is -2.15. The smallest absolute Gasteiger partial charge is 0.389 e. The summed E-state index contributed by atoms with van der Waals surface area (Å²) in [6.45, 7) is 0.504. The van der Waals surface area contributed by atoms with Gasteiger partial charge in [0.05, 0.1) is 5.56 Å². The molecule has 0 radical (unpaired) electrons. The van der Waals surface area contributed by atoms with E-state index in [1.807, 2.05) is 16.8 Å². The maximum atomic E-state index is 12.7. The molecule has 0 saturated heterocycles. The van der Waals surface area contributed by atoms with Crippen molar-refractivity contribution < 1.29 is 13.2 Å². The van der Waals surface area contributed by atoms with Crippen LogP contribution in [0, 0.1) is 0 Å². The van der Waals surface area contributed by atoms with Crippen LogP contribution >= 0.6 is 23.6 Å². The highest BCUT2D eigenvalue weighted by molar-refractivity contribution is 7.80. The Morgan fingerprint density at radius 2 is 2.05 bits per heavy atom. The molecule has 7 heteroatoms. The molecule has 0 aliphatic heterocycles. The lowest BCUT2D eigenvalue weighted by molar-refractivity contribution is -0.137. The maximum absolute atomic E-state index is 12.7. The number of thiocarbonyl (C=S) groups is 1. The third-order valence-corrected chi connectivity index (χ3v) is 3.63. The number of hydrogen-bond acceptors (Lipinski definition) is 3. The Bertz CT molecular complexity index is 607. The topological polar surface area (TPSA) is 38.0 Å². The maximum Gasteiger partial charge on any atom is 0.416 e. The number of thiophene rings is 1. The average Bonchev–Trinajstić information content (AvgIpc) is 2.88. The summed E-state index contributed by atoms with van der Waals surface area (Å²) in [7, 11) is 0. The Morgan fingerprint density at radius 3 is 2.60 bits per heavy atom. The summed E-state index contributed by atoms with van der Waals surface area (Å²) < 4.78 is 38.0. The largest absolute Gasteiger partial charge is 0.416 e. The fourth-order valence-corrected chi connectivity index (χ4v) is 2.51. The molecular formula is C13H11F3N2S2. The lowest BCUT2D eigenvalue weighted by Gasteiger charge is -2.14. The van der Waals surface area contributed by atoms with Gasteiger partial charge in [-0.05, 0) is 40.6 Å². The number of halogens is 3. The number of rotatable bonds is 4. The Kier molecular flexibility index (Phi) is 4.29. The van der Waals surface area contributed by atoms with Gasteiger partial charge in [-0.3, -0.25) is 0 Å². The number of nitrogens with one attached hydrogen (secondary N) is 1. The van der Waals surface area contributed by atoms with Gasteiger partial charge in [0.2, 0.25) is 0 Å². The molecule has 2 aromatic rings. The third kappa shape index (κ3) is 3.49. The molecule has 3 N–H and O–H groups in total. The molecule has 0 spiro atoms. The van der Waals surface area contributed by atoms with Gasteiger partial charge in [-0.1, -0.05) is 12.2 Å². The molecule has 0 unspecified atom stereocenters. The molecule has 1 aromatic carbocycles. The molecule has 1 heterocycles. The zero-order chi connectivity index (χ0) is 14.8. The van der Waals surface area contributed by atoms with Gasteiger partial charge in [0.15, 0.2) is 0 Å². The van der Waals surface area contributed by atoms with Crippen LogP contribution in [0.1, 0.15) is 16.7 Å². The van der Waals surface area contributed by atoms with E-state index in [0.29, 0.717) is 12.2 Å². The Balaban J connectivity index is 2.26. The first kappa shape index (κ1) is 14.8. The first-order chi connectivity index (χ1) is 9.38. The van der Waals surface area contributed by atoms with Crippen LogP contribution in [0.5, 0.6) is 0 Å². The molecule has 0 atom stereocenters. The van der Waals surface area contributed by atoms with Gasteiger partial charge in [-0.25, -0.2) is 0 Å². The zero-order valence-electron chi connectivity index (χ0n) is 10.2. The van der Waals surface area contributed by atoms with Crippen molar-refractivity contribution in [1.82, 2.24) is 0 Å². The number of anilines is 1. The summed E-state index contributed by atoms with van der Waals surface area (Å²) in [5.41, 5.74) is 6.48. The second-order valence-electron chi connectivity index (χ2n) is 4.11. The van der Waals surface area contributed by atoms with E-state index in [9.17, 15) is 13.2 Å². The molecule has 106 valence electrons. The lowest BCUT2D eigenvalue weighted by atomic mass is 10.1. The Labute approximate surface area is 123 Å². The van der Waals surface area contributed by atoms with Crippen LogP contribution in [0.2, 0.25) is 0 Å². The van der Waals surface area contributed by atoms with E-state index in [4.69, 9.17) is 18.0 Å². The van der Waals surface area contributed by atoms with Crippen molar-refractivity contribution in [2.75, 3.05) is 5.32 Å². The van der Waals surface area contributed by atoms with E-state index >= 15 is 0 Å². The van der Waals surface area contributed by atoms with E-state index in [-0.39, 0.29) is 10.6 Å². The normalized spacial score (nSPS) is 11.3. The molecular weight excluding hydrogens is 305 g/mol. The molecule has 20 heavy (non-hydrogen) atoms. The van der Waals surface area contributed by atoms with Gasteiger partial charge in [0, 0.05) is 17.8 Å². The second-order valence-corrected chi connectivity index (χ2v) is 5.33. The summed E-state index contributed by atoms with van der Waals surface area (Å²) >= 11 is 6.37. The van der Waals surface area contributed by atoms with Crippen molar-refractivity contribution in [1.29, 1.82) is 0 Å². The minimum atomic E-state index is -4.41. The Hall–Kier alpha value is -1.60. The Morgan fingerprint density at radius 1 is 1.30 bits per heavy atom. The molecule has 0 aliphatic carbocycles. The predicted octanol–water partition coefficient (Wildman–Crippen LogP) is 4.01. The van der Waals surface area contributed by atoms with Crippen LogP contribution in [0.15, 0.2) is 35.0 Å². The van der Waals surface area contributed by atoms with Crippen LogP contribution in [0.25, 0.3) is 0 Å². The summed E-state index contributed by atoms with van der Waals surface area (Å²) in [5.74, 6) is 0. The SMILES string of the molecule is NC(=S)c1cc(C(F)(F)F)ccc1NCc1ccsc1. The minimum absolute atomic E-state index is 0.0658. The van der Waals surface area contributed by atoms with E-state index in [2.05, 4.69) is 5.32 Å². The van der Waals surface area contributed by atoms with Crippen LogP contribution in [-0.4, -0.2) is 4.99 Å². The van der Waals surface area contributed by atoms with Crippen molar-refractivity contribution in [3.63, 3.8) is 0 Å². The number of nitrogens with two attached hydrogens (primary N) is 1. The van der Waals surface area contributed by atoms with Gasteiger partial charge >= 0.3 is 6.18 Å². The number of alkyl halides is 3. The van der Waals surface area contributed by atoms with Crippen LogP contribution in [0.4, 0.5) is 18.9 Å². The van der Waals surface area contributed by atoms with Gasteiger partial charge in [0.25, 0.3) is 0 Å². The summed E-state index contributed by atoms with van der Waals surface area (Å²) in [6, 6.07) is 5.27. The van der Waals surface area contributed by atoms with Crippen LogP contribution < -0.4 is 11.1 Å². The number of hydrogen-bond donors (Lipinski definition) is 2. The predicted molar refractivity (Wildman–Crippen MR) is 79.0 cm³/mol. The van der Waals surface area contributed by atoms with Gasteiger partial charge in [-0.15, -0.1) is 0 Å². The van der Waals surface area contributed by atoms with Gasteiger partial charge in [-0.2, -0.15) is 24.5 Å². The molecule has 0 aliphatic rings. The highest BCUT2D eigenvalue weighted by Crippen LogP contribution is 2.32. The average molecular weight is 316 g/mol. The minimum Gasteiger partial charge on any atom is -0.389 e. The van der Waals surface area contributed by atoms with Crippen LogP contribution in [-0.2, 0) is 12.7 Å². The van der Waals surface area contributed by atoms with Crippen molar-refractivity contribution in [2.45, 2.75) is 12.7 Å². The molecule has 1 aromatic heterocycles. The van der Waals surface area contributed by atoms with Crippen molar-refractivity contribution in [3.05, 3.63) is 51.7 Å². The fourth-order valence-electron chi connectivity index (χ4n) is 1.67. The van der Waals surface area contributed by atoms with Crippen molar-refractivity contribution in [3.8, 4) is 0 Å². The molecule has 0 fully saturated rings. The third-order valence-electron chi connectivity index (χ3n) is 2.68. The first-order valence-electron chi connectivity index (χ1n) is 5.64. The summed E-state index contributed by atoms with van der Waals surface area (Å²) in [5, 5.41) is 6.93. The quantitative estimate of drug-likeness (QED) is 0.837. The molecule has 0 saturated carbocycles. The second kappa shape index (κ2) is 5.80. The van der Waals surface area contributed by atoms with E-state index in [1.165, 1.54) is 6.07 Å². The van der Waals surface area contributed by atoms with E-state index in [1.54, 1.807) is 11.3 Å². The van der Waals surface area contributed by atoms with Crippen molar-refractivity contribution >= 4 is 34.2 Å². The highest BCUT2D eigenvalue weighted by atomic mass is 32.1. The standard InChI is InChI=1S/C13H11F3N2S2/c14-13(15,16)9-1-2-11(10(5-9)12(17)19)18-6-8-3-4-20-7-8/h1-5,7,18H,6H2,(H2,17,19). The molecule has 2 rings (SSSR count). The summed E-state index contributed by atoms with van der Waals surface area (Å²) in [4.78, 5) is -0.0658. The molecule has 0 bridgehead atoms. The van der Waals surface area contributed by atoms with Gasteiger partial charge in [0.1, 0.15) is 4.99 Å². The summed E-state index contributed by atoms with van der Waals surface area (Å²) in [6.07, 6.45) is -4.41. The van der Waals surface area contributed by atoms with Gasteiger partial charge < -0.3 is 11.1 Å². The molecule has 0 amide bonds. The number of benzene rings is 1. The van der Waals surface area contributed by atoms with Crippen LogP contribution in [0.3, 0.4) is 0 Å². The van der Waals surface area contributed by atoms with E-state index in [0.717, 1.165) is 17.7 Å². The fraction of sp³-hybridized carbons (Fsp3) is 0.154. The monoisotopic (exact) mass is 316 g/mol. The zero-order valence-corrected chi connectivity index (χ0v) is 11.8. The first-order valence-corrected chi connectivity index (χ1v) is 6.99.